The van der Waals surface area contributed by atoms with Gasteiger partial charge in [-0.25, -0.2) is 0 Å². The lowest BCUT2D eigenvalue weighted by molar-refractivity contribution is 0.174. The van der Waals surface area contributed by atoms with Crippen molar-refractivity contribution in [3.8, 4) is 34.1 Å². The number of methoxy groups -OCH3 is 2. The molecule has 3 aromatic rings. The van der Waals surface area contributed by atoms with E-state index in [4.69, 9.17) is 30.5 Å². The molecule has 5 rings (SSSR count). The lowest BCUT2D eigenvalue weighted by atomic mass is 9.96. The van der Waals surface area contributed by atoms with E-state index >= 15 is 0 Å². The molecule has 35 heavy (non-hydrogen) atoms. The summed E-state index contributed by atoms with van der Waals surface area (Å²) in [6.45, 7) is 7.34. The van der Waals surface area contributed by atoms with Gasteiger partial charge in [-0.3, -0.25) is 4.90 Å². The van der Waals surface area contributed by atoms with Crippen molar-refractivity contribution in [2.24, 2.45) is 0 Å². The fourth-order valence-corrected chi connectivity index (χ4v) is 5.06. The van der Waals surface area contributed by atoms with Crippen LogP contribution in [0.5, 0.6) is 23.0 Å². The van der Waals surface area contributed by atoms with Crippen LogP contribution in [-0.2, 0) is 6.42 Å². The fourth-order valence-electron chi connectivity index (χ4n) is 4.89. The first kappa shape index (κ1) is 23.6. The van der Waals surface area contributed by atoms with Crippen molar-refractivity contribution in [1.82, 2.24) is 4.90 Å². The number of nitrogens with zero attached hydrogens (tertiary/aromatic N) is 2. The normalized spacial score (nSPS) is 15.4. The summed E-state index contributed by atoms with van der Waals surface area (Å²) in [4.78, 5) is 4.96. The molecule has 0 N–H and O–H groups in total. The van der Waals surface area contributed by atoms with Crippen molar-refractivity contribution in [1.29, 1.82) is 0 Å². The highest BCUT2D eigenvalue weighted by molar-refractivity contribution is 6.31. The van der Waals surface area contributed by atoms with Crippen LogP contribution < -0.4 is 23.8 Å². The van der Waals surface area contributed by atoms with Gasteiger partial charge in [0.05, 0.1) is 14.2 Å². The third kappa shape index (κ3) is 4.86. The Morgan fingerprint density at radius 1 is 0.886 bits per heavy atom. The minimum absolute atomic E-state index is 0.259. The number of halogens is 1. The van der Waals surface area contributed by atoms with Gasteiger partial charge in [0, 0.05) is 43.4 Å². The summed E-state index contributed by atoms with van der Waals surface area (Å²) in [5, 5.41) is 0.829. The summed E-state index contributed by atoms with van der Waals surface area (Å²) in [6, 6.07) is 16.4. The second kappa shape index (κ2) is 10.3. The highest BCUT2D eigenvalue weighted by Crippen LogP contribution is 2.41. The third-order valence-corrected chi connectivity index (χ3v) is 7.35. The van der Waals surface area contributed by atoms with Crippen LogP contribution in [0, 0.1) is 6.92 Å². The van der Waals surface area contributed by atoms with Crippen molar-refractivity contribution in [2.75, 3.05) is 58.6 Å². The van der Waals surface area contributed by atoms with Crippen LogP contribution in [0.3, 0.4) is 0 Å². The number of fused-ring (bicyclic) bond motifs is 1. The summed E-state index contributed by atoms with van der Waals surface area (Å²) >= 11 is 6.35. The number of rotatable bonds is 7. The van der Waals surface area contributed by atoms with Crippen molar-refractivity contribution in [2.45, 2.75) is 13.3 Å². The van der Waals surface area contributed by atoms with E-state index in [0.29, 0.717) is 11.5 Å². The molecule has 0 bridgehead atoms. The third-order valence-electron chi connectivity index (χ3n) is 6.94. The first-order valence-electron chi connectivity index (χ1n) is 11.9. The van der Waals surface area contributed by atoms with Crippen LogP contribution in [0.1, 0.15) is 11.1 Å². The van der Waals surface area contributed by atoms with Gasteiger partial charge in [-0.05, 0) is 72.0 Å². The molecule has 0 aliphatic carbocycles. The van der Waals surface area contributed by atoms with Gasteiger partial charge in [-0.2, -0.15) is 0 Å². The molecule has 0 amide bonds. The maximum atomic E-state index is 6.35. The van der Waals surface area contributed by atoms with E-state index in [0.717, 1.165) is 72.4 Å². The average molecular weight is 495 g/mol. The largest absolute Gasteiger partial charge is 0.493 e. The average Bonchev–Trinajstić information content (AvgIpc) is 3.36. The molecule has 0 radical (unpaired) electrons. The van der Waals surface area contributed by atoms with Gasteiger partial charge < -0.3 is 23.8 Å². The molecule has 3 aromatic carbocycles. The molecule has 0 saturated carbocycles. The molecular weight excluding hydrogens is 464 g/mol. The molecule has 0 atom stereocenters. The van der Waals surface area contributed by atoms with E-state index in [1.807, 2.05) is 24.3 Å². The summed E-state index contributed by atoms with van der Waals surface area (Å²) in [5.74, 6) is 3.02. The summed E-state index contributed by atoms with van der Waals surface area (Å²) in [6.07, 6.45) is 0.913. The Morgan fingerprint density at radius 2 is 1.63 bits per heavy atom. The molecule has 0 unspecified atom stereocenters. The molecule has 2 heterocycles. The van der Waals surface area contributed by atoms with Gasteiger partial charge in [0.15, 0.2) is 23.0 Å². The van der Waals surface area contributed by atoms with Gasteiger partial charge in [-0.15, -0.1) is 0 Å². The zero-order chi connectivity index (χ0) is 24.4. The Hall–Kier alpha value is -3.09. The zero-order valence-electron chi connectivity index (χ0n) is 20.5. The lowest BCUT2D eigenvalue weighted by Crippen LogP contribution is -2.47. The number of ether oxygens (including phenoxy) is 4. The number of hydrogen-bond donors (Lipinski definition) is 0. The van der Waals surface area contributed by atoms with Crippen LogP contribution in [0.25, 0.3) is 11.1 Å². The van der Waals surface area contributed by atoms with E-state index in [1.165, 1.54) is 11.3 Å². The Labute approximate surface area is 211 Å². The van der Waals surface area contributed by atoms with E-state index in [2.05, 4.69) is 41.0 Å². The van der Waals surface area contributed by atoms with Gasteiger partial charge in [0.2, 0.25) is 6.79 Å². The highest BCUT2D eigenvalue weighted by atomic mass is 35.5. The number of benzene rings is 3. The van der Waals surface area contributed by atoms with Gasteiger partial charge in [0.25, 0.3) is 0 Å². The van der Waals surface area contributed by atoms with Gasteiger partial charge in [0.1, 0.15) is 0 Å². The minimum Gasteiger partial charge on any atom is -0.493 e. The molecule has 184 valence electrons. The van der Waals surface area contributed by atoms with Crippen LogP contribution in [0.2, 0.25) is 5.02 Å². The monoisotopic (exact) mass is 494 g/mol. The van der Waals surface area contributed by atoms with Crippen molar-refractivity contribution in [3.05, 3.63) is 64.7 Å². The van der Waals surface area contributed by atoms with Gasteiger partial charge >= 0.3 is 0 Å². The standard InChI is InChI=1S/C28H31ClN2O4/c1-19-23(29)5-4-6-24(19)31-13-11-30(12-14-31)10-9-21-16-27-28(35-18-34-27)17-22(21)20-7-8-25(32-2)26(15-20)33-3/h4-8,15-17H,9-14,18H2,1-3H3. The van der Waals surface area contributed by atoms with E-state index in [1.54, 1.807) is 14.2 Å². The number of piperazine rings is 1. The smallest absolute Gasteiger partial charge is 0.231 e. The van der Waals surface area contributed by atoms with Crippen LogP contribution in [0.15, 0.2) is 48.5 Å². The molecule has 6 nitrogen and oxygen atoms in total. The Balaban J connectivity index is 1.32. The van der Waals surface area contributed by atoms with Crippen molar-refractivity contribution in [3.63, 3.8) is 0 Å². The van der Waals surface area contributed by atoms with Crippen LogP contribution >= 0.6 is 11.6 Å². The Bertz CT molecular complexity index is 1210. The van der Waals surface area contributed by atoms with E-state index < -0.39 is 0 Å². The number of hydrogen-bond acceptors (Lipinski definition) is 6. The van der Waals surface area contributed by atoms with Crippen molar-refractivity contribution < 1.29 is 18.9 Å². The molecule has 0 aromatic heterocycles. The molecule has 1 saturated heterocycles. The van der Waals surface area contributed by atoms with Crippen LogP contribution in [0.4, 0.5) is 5.69 Å². The Kier molecular flexibility index (Phi) is 6.93. The lowest BCUT2D eigenvalue weighted by Gasteiger charge is -2.37. The van der Waals surface area contributed by atoms with E-state index in [-0.39, 0.29) is 6.79 Å². The quantitative estimate of drug-likeness (QED) is 0.436. The SMILES string of the molecule is COc1ccc(-c2cc3c(cc2CCN2CCN(c4cccc(Cl)c4C)CC2)OCO3)cc1OC. The highest BCUT2D eigenvalue weighted by Gasteiger charge is 2.22. The molecule has 2 aliphatic rings. The topological polar surface area (TPSA) is 43.4 Å². The maximum Gasteiger partial charge on any atom is 0.231 e. The van der Waals surface area contributed by atoms with Crippen LogP contribution in [-0.4, -0.2) is 58.6 Å². The molecule has 7 heteroatoms. The molecule has 2 aliphatic heterocycles. The van der Waals surface area contributed by atoms with Crippen molar-refractivity contribution >= 4 is 17.3 Å². The summed E-state index contributed by atoms with van der Waals surface area (Å²) < 4.78 is 22.3. The summed E-state index contributed by atoms with van der Waals surface area (Å²) in [5.41, 5.74) is 5.82. The summed E-state index contributed by atoms with van der Waals surface area (Å²) in [7, 11) is 3.31. The second-order valence-corrected chi connectivity index (χ2v) is 9.30. The fraction of sp³-hybridized carbons (Fsp3) is 0.357. The molecular formula is C28H31ClN2O4. The molecule has 0 spiro atoms. The maximum absolute atomic E-state index is 6.35. The number of anilines is 1. The van der Waals surface area contributed by atoms with E-state index in [9.17, 15) is 0 Å². The predicted octanol–water partition coefficient (Wildman–Crippen LogP) is 5.43. The molecule has 1 fully saturated rings. The Morgan fingerprint density at radius 3 is 2.37 bits per heavy atom. The zero-order valence-corrected chi connectivity index (χ0v) is 21.2. The first-order valence-corrected chi connectivity index (χ1v) is 12.3. The second-order valence-electron chi connectivity index (χ2n) is 8.90. The minimum atomic E-state index is 0.259. The predicted molar refractivity (Wildman–Crippen MR) is 140 cm³/mol. The van der Waals surface area contributed by atoms with Gasteiger partial charge in [-0.1, -0.05) is 23.7 Å². The first-order chi connectivity index (χ1) is 17.1.